The van der Waals surface area contributed by atoms with Crippen LogP contribution in [0.4, 0.5) is 0 Å². The van der Waals surface area contributed by atoms with Crippen LogP contribution in [0, 0.1) is 0 Å². The van der Waals surface area contributed by atoms with Crippen LogP contribution in [-0.4, -0.2) is 32.8 Å². The summed E-state index contributed by atoms with van der Waals surface area (Å²) in [5.41, 5.74) is 1.32. The van der Waals surface area contributed by atoms with E-state index in [0.717, 1.165) is 5.56 Å². The molecule has 0 spiro atoms. The third-order valence-corrected chi connectivity index (χ3v) is 3.80. The quantitative estimate of drug-likeness (QED) is 0.777. The molecular formula is C19H22ClNO4. The smallest absolute Gasteiger partial charge is 0.251 e. The molecule has 2 rings (SSSR count). The van der Waals surface area contributed by atoms with Crippen molar-refractivity contribution in [2.75, 3.05) is 20.8 Å². The fourth-order valence-corrected chi connectivity index (χ4v) is 2.45. The summed E-state index contributed by atoms with van der Waals surface area (Å²) in [6.07, 6.45) is 0. The fraction of sp³-hybridized carbons (Fsp3) is 0.316. The van der Waals surface area contributed by atoms with Crippen molar-refractivity contribution in [1.82, 2.24) is 5.32 Å². The molecule has 2 aromatic rings. The molecule has 0 aromatic heterocycles. The number of methoxy groups -OCH3 is 2. The third-order valence-electron chi connectivity index (χ3n) is 3.54. The van der Waals surface area contributed by atoms with Gasteiger partial charge in [-0.1, -0.05) is 11.6 Å². The van der Waals surface area contributed by atoms with E-state index in [1.54, 1.807) is 56.7 Å². The zero-order valence-corrected chi connectivity index (χ0v) is 15.3. The number of carbonyl (C=O) groups excluding carboxylic acids is 1. The van der Waals surface area contributed by atoms with E-state index in [1.165, 1.54) is 0 Å². The Morgan fingerprint density at radius 2 is 1.88 bits per heavy atom. The first kappa shape index (κ1) is 19.1. The van der Waals surface area contributed by atoms with Crippen LogP contribution in [0.3, 0.4) is 0 Å². The first-order valence-corrected chi connectivity index (χ1v) is 8.26. The summed E-state index contributed by atoms with van der Waals surface area (Å²) in [4.78, 5) is 12.3. The van der Waals surface area contributed by atoms with E-state index in [4.69, 9.17) is 25.8 Å². The van der Waals surface area contributed by atoms with Gasteiger partial charge in [0, 0.05) is 29.3 Å². The van der Waals surface area contributed by atoms with Crippen LogP contribution in [0.5, 0.6) is 11.5 Å². The zero-order valence-electron chi connectivity index (χ0n) is 14.5. The molecule has 0 aliphatic heterocycles. The number of benzene rings is 2. The molecule has 0 saturated carbocycles. The highest BCUT2D eigenvalue weighted by Gasteiger charge is 2.13. The Morgan fingerprint density at radius 3 is 2.52 bits per heavy atom. The minimum Gasteiger partial charge on any atom is -0.496 e. The molecule has 1 amide bonds. The van der Waals surface area contributed by atoms with Crippen LogP contribution in [0.15, 0.2) is 42.5 Å². The Balaban J connectivity index is 2.10. The van der Waals surface area contributed by atoms with Crippen molar-refractivity contribution in [2.24, 2.45) is 0 Å². The van der Waals surface area contributed by atoms with Gasteiger partial charge < -0.3 is 19.5 Å². The topological polar surface area (TPSA) is 56.8 Å². The van der Waals surface area contributed by atoms with Gasteiger partial charge in [-0.2, -0.15) is 0 Å². The van der Waals surface area contributed by atoms with Gasteiger partial charge in [0.1, 0.15) is 18.1 Å². The normalized spacial score (nSPS) is 11.7. The van der Waals surface area contributed by atoms with Crippen LogP contribution in [0.1, 0.15) is 22.8 Å². The van der Waals surface area contributed by atoms with Crippen molar-refractivity contribution in [2.45, 2.75) is 19.6 Å². The maximum Gasteiger partial charge on any atom is 0.251 e. The van der Waals surface area contributed by atoms with E-state index in [2.05, 4.69) is 5.32 Å². The van der Waals surface area contributed by atoms with Gasteiger partial charge in [0.05, 0.1) is 13.7 Å². The molecule has 134 valence electrons. The molecule has 6 heteroatoms. The van der Waals surface area contributed by atoms with Crippen LogP contribution in [0.25, 0.3) is 0 Å². The Bertz CT molecular complexity index is 703. The summed E-state index contributed by atoms with van der Waals surface area (Å²) < 4.78 is 16.1. The Labute approximate surface area is 152 Å². The average molecular weight is 364 g/mol. The van der Waals surface area contributed by atoms with E-state index in [0.29, 0.717) is 28.7 Å². The highest BCUT2D eigenvalue weighted by Crippen LogP contribution is 2.23. The monoisotopic (exact) mass is 363 g/mol. The second kappa shape index (κ2) is 9.30. The van der Waals surface area contributed by atoms with E-state index < -0.39 is 0 Å². The van der Waals surface area contributed by atoms with Gasteiger partial charge >= 0.3 is 0 Å². The number of nitrogens with one attached hydrogen (secondary N) is 1. The summed E-state index contributed by atoms with van der Waals surface area (Å²) >= 11 is 5.87. The van der Waals surface area contributed by atoms with Crippen molar-refractivity contribution >= 4 is 17.5 Å². The molecule has 0 bridgehead atoms. The van der Waals surface area contributed by atoms with Crippen molar-refractivity contribution in [3.05, 3.63) is 58.6 Å². The van der Waals surface area contributed by atoms with Crippen molar-refractivity contribution in [3.8, 4) is 11.5 Å². The Kier molecular flexibility index (Phi) is 7.10. The van der Waals surface area contributed by atoms with Gasteiger partial charge in [0.2, 0.25) is 0 Å². The Hall–Kier alpha value is -2.24. The van der Waals surface area contributed by atoms with Crippen molar-refractivity contribution in [3.63, 3.8) is 0 Å². The van der Waals surface area contributed by atoms with Crippen LogP contribution >= 0.6 is 11.6 Å². The molecule has 0 unspecified atom stereocenters. The van der Waals surface area contributed by atoms with Gasteiger partial charge in [-0.3, -0.25) is 4.79 Å². The first-order chi connectivity index (χ1) is 12.0. The lowest BCUT2D eigenvalue weighted by molar-refractivity contribution is 0.0905. The minimum atomic E-state index is -0.167. The Morgan fingerprint density at radius 1 is 1.16 bits per heavy atom. The zero-order chi connectivity index (χ0) is 18.2. The number of hydrogen-bond donors (Lipinski definition) is 1. The molecule has 5 nitrogen and oxygen atoms in total. The number of hydrogen-bond acceptors (Lipinski definition) is 4. The summed E-state index contributed by atoms with van der Waals surface area (Å²) in [5, 5.41) is 3.53. The van der Waals surface area contributed by atoms with Gasteiger partial charge in [-0.25, -0.2) is 0 Å². The highest BCUT2D eigenvalue weighted by atomic mass is 35.5. The summed E-state index contributed by atoms with van der Waals surface area (Å²) in [7, 11) is 3.18. The lowest BCUT2D eigenvalue weighted by atomic mass is 10.1. The second-order valence-corrected chi connectivity index (χ2v) is 6.04. The molecule has 1 N–H and O–H groups in total. The van der Waals surface area contributed by atoms with Crippen molar-refractivity contribution in [1.29, 1.82) is 0 Å². The number of rotatable bonds is 8. The van der Waals surface area contributed by atoms with E-state index in [-0.39, 0.29) is 18.6 Å². The van der Waals surface area contributed by atoms with Gasteiger partial charge in [0.15, 0.2) is 0 Å². The number of carbonyl (C=O) groups is 1. The molecule has 0 saturated heterocycles. The molecule has 0 fully saturated rings. The molecule has 0 radical (unpaired) electrons. The fourth-order valence-electron chi connectivity index (χ4n) is 2.32. The van der Waals surface area contributed by atoms with E-state index >= 15 is 0 Å². The molecule has 25 heavy (non-hydrogen) atoms. The molecule has 2 aromatic carbocycles. The lowest BCUT2D eigenvalue weighted by Gasteiger charge is -2.15. The van der Waals surface area contributed by atoms with Gasteiger partial charge in [-0.05, 0) is 49.4 Å². The molecule has 0 heterocycles. The van der Waals surface area contributed by atoms with E-state index in [9.17, 15) is 4.79 Å². The van der Waals surface area contributed by atoms with E-state index in [1.807, 2.05) is 6.92 Å². The van der Waals surface area contributed by atoms with Gasteiger partial charge in [-0.15, -0.1) is 0 Å². The third kappa shape index (κ3) is 5.66. The largest absolute Gasteiger partial charge is 0.496 e. The van der Waals surface area contributed by atoms with Crippen LogP contribution < -0.4 is 14.8 Å². The minimum absolute atomic E-state index is 0.0756. The number of halogens is 1. The molecular weight excluding hydrogens is 342 g/mol. The summed E-state index contributed by atoms with van der Waals surface area (Å²) in [5.74, 6) is 1.19. The molecule has 1 atom stereocenters. The highest BCUT2D eigenvalue weighted by molar-refractivity contribution is 6.30. The number of ether oxygens (including phenoxy) is 3. The molecule has 0 aliphatic rings. The maximum absolute atomic E-state index is 12.3. The SMILES string of the molecule is COC[C@H](C)NC(=O)c1ccc(OC)c(COc2ccc(Cl)cc2)c1. The predicted octanol–water partition coefficient (Wildman–Crippen LogP) is 3.69. The lowest BCUT2D eigenvalue weighted by Crippen LogP contribution is -2.35. The average Bonchev–Trinajstić information content (AvgIpc) is 2.61. The van der Waals surface area contributed by atoms with Crippen LogP contribution in [0.2, 0.25) is 5.02 Å². The summed E-state index contributed by atoms with van der Waals surface area (Å²) in [6, 6.07) is 12.3. The maximum atomic E-state index is 12.3. The standard InChI is InChI=1S/C19H22ClNO4/c1-13(11-23-2)21-19(22)14-4-9-18(24-3)15(10-14)12-25-17-7-5-16(20)6-8-17/h4-10,13H,11-12H2,1-3H3,(H,21,22)/t13-/m0/s1. The second-order valence-electron chi connectivity index (χ2n) is 5.60. The van der Waals surface area contributed by atoms with Gasteiger partial charge in [0.25, 0.3) is 5.91 Å². The van der Waals surface area contributed by atoms with Crippen molar-refractivity contribution < 1.29 is 19.0 Å². The summed E-state index contributed by atoms with van der Waals surface area (Å²) in [6.45, 7) is 2.61. The molecule has 0 aliphatic carbocycles. The first-order valence-electron chi connectivity index (χ1n) is 7.88. The predicted molar refractivity (Wildman–Crippen MR) is 97.6 cm³/mol. The number of amides is 1. The van der Waals surface area contributed by atoms with Crippen LogP contribution in [-0.2, 0) is 11.3 Å².